The van der Waals surface area contributed by atoms with Crippen LogP contribution in [0.1, 0.15) is 12.5 Å². The summed E-state index contributed by atoms with van der Waals surface area (Å²) in [5, 5.41) is 0. The highest BCUT2D eigenvalue weighted by molar-refractivity contribution is 5.49. The first-order valence-corrected chi connectivity index (χ1v) is 4.36. The summed E-state index contributed by atoms with van der Waals surface area (Å²) in [4.78, 5) is 0. The second kappa shape index (κ2) is 4.77. The molecule has 0 saturated carbocycles. The Labute approximate surface area is 78.1 Å². The smallest absolute Gasteiger partial charge is 0.123 e. The SMILES string of the molecule is CC(/C=C/c1ccc(F)cc1)CN. The molecule has 0 radical (unpaired) electrons. The second-order valence-corrected chi connectivity index (χ2v) is 3.12. The third-order valence-corrected chi connectivity index (χ3v) is 1.86. The molecule has 1 nitrogen and oxygen atoms in total. The van der Waals surface area contributed by atoms with Crippen LogP contribution < -0.4 is 5.73 Å². The number of rotatable bonds is 3. The molecule has 0 aromatic heterocycles. The number of benzene rings is 1. The van der Waals surface area contributed by atoms with E-state index in [-0.39, 0.29) is 5.82 Å². The van der Waals surface area contributed by atoms with Crippen LogP contribution >= 0.6 is 0 Å². The molecule has 1 rings (SSSR count). The molecule has 2 N–H and O–H groups in total. The van der Waals surface area contributed by atoms with Crippen LogP contribution in [-0.4, -0.2) is 6.54 Å². The van der Waals surface area contributed by atoms with E-state index in [0.29, 0.717) is 12.5 Å². The summed E-state index contributed by atoms with van der Waals surface area (Å²) in [6.07, 6.45) is 3.98. The topological polar surface area (TPSA) is 26.0 Å². The van der Waals surface area contributed by atoms with Crippen molar-refractivity contribution in [2.24, 2.45) is 11.7 Å². The third-order valence-electron chi connectivity index (χ3n) is 1.86. The van der Waals surface area contributed by atoms with Gasteiger partial charge in [-0.2, -0.15) is 0 Å². The highest BCUT2D eigenvalue weighted by atomic mass is 19.1. The molecule has 2 heteroatoms. The van der Waals surface area contributed by atoms with Gasteiger partial charge in [-0.15, -0.1) is 0 Å². The van der Waals surface area contributed by atoms with E-state index >= 15 is 0 Å². The summed E-state index contributed by atoms with van der Waals surface area (Å²) in [5.41, 5.74) is 6.45. The largest absolute Gasteiger partial charge is 0.330 e. The standard InChI is InChI=1S/C11H14FN/c1-9(8-13)2-3-10-4-6-11(12)7-5-10/h2-7,9H,8,13H2,1H3/b3-2+. The van der Waals surface area contributed by atoms with Crippen molar-refractivity contribution in [2.45, 2.75) is 6.92 Å². The van der Waals surface area contributed by atoms with Crippen LogP contribution in [0.5, 0.6) is 0 Å². The molecule has 0 bridgehead atoms. The summed E-state index contributed by atoms with van der Waals surface area (Å²) < 4.78 is 12.5. The quantitative estimate of drug-likeness (QED) is 0.757. The van der Waals surface area contributed by atoms with Gasteiger partial charge >= 0.3 is 0 Å². The van der Waals surface area contributed by atoms with Crippen LogP contribution in [0.4, 0.5) is 4.39 Å². The Morgan fingerprint density at radius 2 is 2.00 bits per heavy atom. The van der Waals surface area contributed by atoms with Gasteiger partial charge in [0.1, 0.15) is 5.82 Å². The van der Waals surface area contributed by atoms with E-state index in [2.05, 4.69) is 0 Å². The van der Waals surface area contributed by atoms with Crippen LogP contribution in [0.3, 0.4) is 0 Å². The maximum Gasteiger partial charge on any atom is 0.123 e. The Hall–Kier alpha value is -1.15. The molecule has 0 aliphatic heterocycles. The van der Waals surface area contributed by atoms with E-state index in [4.69, 9.17) is 5.73 Å². The van der Waals surface area contributed by atoms with E-state index in [9.17, 15) is 4.39 Å². The van der Waals surface area contributed by atoms with Gasteiger partial charge in [0.2, 0.25) is 0 Å². The maximum absolute atomic E-state index is 12.5. The zero-order valence-corrected chi connectivity index (χ0v) is 7.70. The molecule has 1 unspecified atom stereocenters. The van der Waals surface area contributed by atoms with Gasteiger partial charge in [-0.3, -0.25) is 0 Å². The van der Waals surface area contributed by atoms with Gasteiger partial charge in [0.15, 0.2) is 0 Å². The van der Waals surface area contributed by atoms with E-state index in [1.54, 1.807) is 12.1 Å². The Morgan fingerprint density at radius 3 is 2.54 bits per heavy atom. The van der Waals surface area contributed by atoms with Crippen molar-refractivity contribution in [3.63, 3.8) is 0 Å². The van der Waals surface area contributed by atoms with Gasteiger partial charge in [0, 0.05) is 0 Å². The summed E-state index contributed by atoms with van der Waals surface area (Å²) >= 11 is 0. The molecule has 1 aromatic carbocycles. The molecule has 0 amide bonds. The Bertz CT molecular complexity index is 277. The van der Waals surface area contributed by atoms with Gasteiger partial charge in [-0.05, 0) is 30.2 Å². The average molecular weight is 179 g/mol. The van der Waals surface area contributed by atoms with Crippen molar-refractivity contribution in [3.8, 4) is 0 Å². The number of halogens is 1. The summed E-state index contributed by atoms with van der Waals surface area (Å²) in [7, 11) is 0. The summed E-state index contributed by atoms with van der Waals surface area (Å²) in [6.45, 7) is 2.68. The molecule has 0 aliphatic rings. The first-order chi connectivity index (χ1) is 6.22. The molecule has 0 saturated heterocycles. The first kappa shape index (κ1) is 9.93. The first-order valence-electron chi connectivity index (χ1n) is 4.36. The zero-order valence-electron chi connectivity index (χ0n) is 7.70. The number of hydrogen-bond donors (Lipinski definition) is 1. The van der Waals surface area contributed by atoms with Crippen molar-refractivity contribution >= 4 is 6.08 Å². The van der Waals surface area contributed by atoms with Crippen LogP contribution in [0.2, 0.25) is 0 Å². The van der Waals surface area contributed by atoms with Crippen LogP contribution in [0.15, 0.2) is 30.3 Å². The molecule has 0 spiro atoms. The fourth-order valence-electron chi connectivity index (χ4n) is 0.928. The van der Waals surface area contributed by atoms with E-state index in [1.807, 2.05) is 19.1 Å². The molecule has 1 atom stereocenters. The molecular formula is C11H14FN. The highest BCUT2D eigenvalue weighted by Crippen LogP contribution is 2.06. The lowest BCUT2D eigenvalue weighted by molar-refractivity contribution is 0.627. The molecule has 1 aromatic rings. The Kier molecular flexibility index (Phi) is 3.65. The van der Waals surface area contributed by atoms with E-state index < -0.39 is 0 Å². The lowest BCUT2D eigenvalue weighted by Gasteiger charge is -1.99. The molecule has 13 heavy (non-hydrogen) atoms. The minimum atomic E-state index is -0.205. The fourth-order valence-corrected chi connectivity index (χ4v) is 0.928. The van der Waals surface area contributed by atoms with Crippen molar-refractivity contribution in [1.82, 2.24) is 0 Å². The van der Waals surface area contributed by atoms with Gasteiger partial charge < -0.3 is 5.73 Å². The highest BCUT2D eigenvalue weighted by Gasteiger charge is 1.92. The lowest BCUT2D eigenvalue weighted by atomic mass is 10.1. The van der Waals surface area contributed by atoms with Gasteiger partial charge in [-0.1, -0.05) is 31.2 Å². The predicted molar refractivity (Wildman–Crippen MR) is 53.7 cm³/mol. The summed E-state index contributed by atoms with van der Waals surface area (Å²) in [6, 6.07) is 6.39. The molecule has 0 heterocycles. The maximum atomic E-state index is 12.5. The van der Waals surface area contributed by atoms with Crippen LogP contribution in [0.25, 0.3) is 6.08 Å². The van der Waals surface area contributed by atoms with E-state index in [1.165, 1.54) is 12.1 Å². The minimum Gasteiger partial charge on any atom is -0.330 e. The summed E-state index contributed by atoms with van der Waals surface area (Å²) in [5.74, 6) is 0.161. The van der Waals surface area contributed by atoms with Gasteiger partial charge in [-0.25, -0.2) is 4.39 Å². The lowest BCUT2D eigenvalue weighted by Crippen LogP contribution is -2.07. The molecule has 70 valence electrons. The molecular weight excluding hydrogens is 165 g/mol. The van der Waals surface area contributed by atoms with Crippen molar-refractivity contribution in [3.05, 3.63) is 41.7 Å². The monoisotopic (exact) mass is 179 g/mol. The predicted octanol–water partition coefficient (Wildman–Crippen LogP) is 2.43. The van der Waals surface area contributed by atoms with E-state index in [0.717, 1.165) is 5.56 Å². The second-order valence-electron chi connectivity index (χ2n) is 3.12. The number of nitrogens with two attached hydrogens (primary N) is 1. The Morgan fingerprint density at radius 1 is 1.38 bits per heavy atom. The van der Waals surface area contributed by atoms with Crippen LogP contribution in [0, 0.1) is 11.7 Å². The third kappa shape index (κ3) is 3.38. The van der Waals surface area contributed by atoms with Crippen molar-refractivity contribution < 1.29 is 4.39 Å². The zero-order chi connectivity index (χ0) is 9.68. The van der Waals surface area contributed by atoms with Gasteiger partial charge in [0.25, 0.3) is 0 Å². The van der Waals surface area contributed by atoms with Crippen LogP contribution in [-0.2, 0) is 0 Å². The molecule has 0 fully saturated rings. The van der Waals surface area contributed by atoms with Gasteiger partial charge in [0.05, 0.1) is 0 Å². The van der Waals surface area contributed by atoms with Crippen molar-refractivity contribution in [1.29, 1.82) is 0 Å². The number of hydrogen-bond acceptors (Lipinski definition) is 1. The fraction of sp³-hybridized carbons (Fsp3) is 0.273. The Balaban J connectivity index is 2.64. The molecule has 0 aliphatic carbocycles. The van der Waals surface area contributed by atoms with Crippen molar-refractivity contribution in [2.75, 3.05) is 6.54 Å². The average Bonchev–Trinajstić information content (AvgIpc) is 2.16. The minimum absolute atomic E-state index is 0.205. The normalized spacial score (nSPS) is 13.5.